The van der Waals surface area contributed by atoms with Gasteiger partial charge in [-0.3, -0.25) is 4.79 Å². The monoisotopic (exact) mass is 411 g/mol. The summed E-state index contributed by atoms with van der Waals surface area (Å²) in [6.45, 7) is 6.97. The van der Waals surface area contributed by atoms with Crippen LogP contribution in [0.5, 0.6) is 11.5 Å². The number of carbonyl (C=O) groups excluding carboxylic acids is 1. The highest BCUT2D eigenvalue weighted by atomic mass is 16.6. The molecule has 1 aliphatic rings. The van der Waals surface area contributed by atoms with E-state index in [0.717, 1.165) is 37.3 Å². The first-order valence-corrected chi connectivity index (χ1v) is 10.7. The van der Waals surface area contributed by atoms with Gasteiger partial charge in [0.1, 0.15) is 23.1 Å². The van der Waals surface area contributed by atoms with Gasteiger partial charge in [-0.1, -0.05) is 30.3 Å². The number of benzene rings is 2. The fraction of sp³-hybridized carbons (Fsp3) is 0.480. The zero-order valence-electron chi connectivity index (χ0n) is 18.4. The number of rotatable bonds is 8. The van der Waals surface area contributed by atoms with Crippen LogP contribution in [0, 0.1) is 5.92 Å². The summed E-state index contributed by atoms with van der Waals surface area (Å²) in [7, 11) is 1.69. The van der Waals surface area contributed by atoms with Gasteiger partial charge in [0, 0.05) is 5.92 Å². The third kappa shape index (κ3) is 6.23. The molecule has 0 aliphatic carbocycles. The molecule has 1 saturated heterocycles. The maximum absolute atomic E-state index is 12.5. The highest BCUT2D eigenvalue weighted by Gasteiger charge is 2.36. The van der Waals surface area contributed by atoms with E-state index in [9.17, 15) is 4.79 Å². The van der Waals surface area contributed by atoms with Gasteiger partial charge in [0.05, 0.1) is 13.7 Å². The molecule has 5 heteroatoms. The van der Waals surface area contributed by atoms with Gasteiger partial charge in [-0.05, 0) is 75.9 Å². The quantitative estimate of drug-likeness (QED) is 0.661. The van der Waals surface area contributed by atoms with Gasteiger partial charge in [-0.15, -0.1) is 0 Å². The third-order valence-electron chi connectivity index (χ3n) is 5.25. The minimum absolute atomic E-state index is 0.103. The zero-order valence-corrected chi connectivity index (χ0v) is 18.4. The van der Waals surface area contributed by atoms with Crippen LogP contribution in [0.4, 0.5) is 0 Å². The Morgan fingerprint density at radius 1 is 1.10 bits per heavy atom. The number of esters is 1. The Morgan fingerprint density at radius 3 is 2.67 bits per heavy atom. The fourth-order valence-corrected chi connectivity index (χ4v) is 3.73. The summed E-state index contributed by atoms with van der Waals surface area (Å²) >= 11 is 0. The van der Waals surface area contributed by atoms with Gasteiger partial charge >= 0.3 is 5.97 Å². The minimum Gasteiger partial charge on any atom is -0.497 e. The Balaban J connectivity index is 1.60. The predicted molar refractivity (Wildman–Crippen MR) is 118 cm³/mol. The Labute approximate surface area is 179 Å². The van der Waals surface area contributed by atoms with Gasteiger partial charge in [0.2, 0.25) is 0 Å². The van der Waals surface area contributed by atoms with Crippen molar-refractivity contribution in [2.24, 2.45) is 5.92 Å². The average molecular weight is 412 g/mol. The van der Waals surface area contributed by atoms with Crippen LogP contribution < -0.4 is 14.8 Å². The Kier molecular flexibility index (Phi) is 7.38. The van der Waals surface area contributed by atoms with Crippen molar-refractivity contribution in [3.05, 3.63) is 59.7 Å². The lowest BCUT2D eigenvalue weighted by Crippen LogP contribution is -2.42. The molecule has 2 unspecified atom stereocenters. The smallest absolute Gasteiger partial charge is 0.324 e. The second-order valence-electron chi connectivity index (χ2n) is 8.78. The van der Waals surface area contributed by atoms with Gasteiger partial charge in [-0.25, -0.2) is 0 Å². The number of hydrogen-bond acceptors (Lipinski definition) is 5. The van der Waals surface area contributed by atoms with Crippen LogP contribution in [0.3, 0.4) is 0 Å². The SMILES string of the molecule is COc1cccc(CCc2ccccc2OCC2CCNC2C(=O)OC(C)(C)C)c1. The topological polar surface area (TPSA) is 56.8 Å². The Hall–Kier alpha value is -2.53. The summed E-state index contributed by atoms with van der Waals surface area (Å²) in [5.41, 5.74) is 1.91. The maximum Gasteiger partial charge on any atom is 0.324 e. The standard InChI is InChI=1S/C25H33NO4/c1-25(2,3)30-24(27)23-20(14-15-26-23)17-29-22-11-6-5-9-19(22)13-12-18-8-7-10-21(16-18)28-4/h5-11,16,20,23,26H,12-15,17H2,1-4H3. The first-order chi connectivity index (χ1) is 14.4. The van der Waals surface area contributed by atoms with Crippen molar-refractivity contribution in [3.8, 4) is 11.5 Å². The summed E-state index contributed by atoms with van der Waals surface area (Å²) in [5.74, 6) is 1.67. The summed E-state index contributed by atoms with van der Waals surface area (Å²) in [6, 6.07) is 16.0. The molecule has 1 aliphatic heterocycles. The molecule has 5 nitrogen and oxygen atoms in total. The molecule has 1 fully saturated rings. The van der Waals surface area contributed by atoms with E-state index in [-0.39, 0.29) is 17.9 Å². The number of carbonyl (C=O) groups is 1. The molecular formula is C25H33NO4. The highest BCUT2D eigenvalue weighted by Crippen LogP contribution is 2.25. The van der Waals surface area contributed by atoms with Gasteiger partial charge in [-0.2, -0.15) is 0 Å². The molecule has 0 radical (unpaired) electrons. The first kappa shape index (κ1) is 22.2. The third-order valence-corrected chi connectivity index (χ3v) is 5.25. The van der Waals surface area contributed by atoms with E-state index in [1.54, 1.807) is 7.11 Å². The van der Waals surface area contributed by atoms with Crippen LogP contribution in [-0.4, -0.2) is 37.9 Å². The molecule has 3 rings (SSSR count). The summed E-state index contributed by atoms with van der Waals surface area (Å²) in [5, 5.41) is 3.27. The number of ether oxygens (including phenoxy) is 3. The minimum atomic E-state index is -0.487. The van der Waals surface area contributed by atoms with Crippen LogP contribution in [-0.2, 0) is 22.4 Å². The van der Waals surface area contributed by atoms with Crippen LogP contribution in [0.25, 0.3) is 0 Å². The number of aryl methyl sites for hydroxylation is 2. The second kappa shape index (κ2) is 9.98. The second-order valence-corrected chi connectivity index (χ2v) is 8.78. The zero-order chi connectivity index (χ0) is 21.6. The van der Waals surface area contributed by atoms with E-state index >= 15 is 0 Å². The predicted octanol–water partition coefficient (Wildman–Crippen LogP) is 4.18. The van der Waals surface area contributed by atoms with Crippen molar-refractivity contribution < 1.29 is 19.0 Å². The maximum atomic E-state index is 12.5. The molecule has 1 N–H and O–H groups in total. The number of para-hydroxylation sites is 1. The summed E-state index contributed by atoms with van der Waals surface area (Å²) in [6.07, 6.45) is 2.68. The van der Waals surface area contributed by atoms with Crippen molar-refractivity contribution in [2.75, 3.05) is 20.3 Å². The van der Waals surface area contributed by atoms with E-state index < -0.39 is 5.60 Å². The highest BCUT2D eigenvalue weighted by molar-refractivity contribution is 5.77. The van der Waals surface area contributed by atoms with E-state index in [1.807, 2.05) is 51.1 Å². The molecule has 2 aromatic rings. The van der Waals surface area contributed by atoms with E-state index in [4.69, 9.17) is 14.2 Å². The molecule has 2 aromatic carbocycles. The largest absolute Gasteiger partial charge is 0.497 e. The van der Waals surface area contributed by atoms with Crippen molar-refractivity contribution in [2.45, 2.75) is 51.7 Å². The normalized spacial score (nSPS) is 18.8. The Morgan fingerprint density at radius 2 is 1.90 bits per heavy atom. The van der Waals surface area contributed by atoms with Gasteiger partial charge in [0.25, 0.3) is 0 Å². The molecular weight excluding hydrogens is 378 g/mol. The number of nitrogens with one attached hydrogen (secondary N) is 1. The van der Waals surface area contributed by atoms with E-state index in [1.165, 1.54) is 11.1 Å². The molecule has 0 spiro atoms. The summed E-state index contributed by atoms with van der Waals surface area (Å²) < 4.78 is 17.1. The lowest BCUT2D eigenvalue weighted by atomic mass is 10.0. The molecule has 30 heavy (non-hydrogen) atoms. The van der Waals surface area contributed by atoms with Crippen molar-refractivity contribution in [1.29, 1.82) is 0 Å². The van der Waals surface area contributed by atoms with E-state index in [0.29, 0.717) is 6.61 Å². The summed E-state index contributed by atoms with van der Waals surface area (Å²) in [4.78, 5) is 12.5. The van der Waals surface area contributed by atoms with E-state index in [2.05, 4.69) is 23.5 Å². The lowest BCUT2D eigenvalue weighted by Gasteiger charge is -2.25. The van der Waals surface area contributed by atoms with Crippen molar-refractivity contribution in [1.82, 2.24) is 5.32 Å². The first-order valence-electron chi connectivity index (χ1n) is 10.7. The van der Waals surface area contributed by atoms with Crippen LogP contribution in [0.1, 0.15) is 38.3 Å². The number of hydrogen-bond donors (Lipinski definition) is 1. The van der Waals surface area contributed by atoms with Crippen LogP contribution >= 0.6 is 0 Å². The van der Waals surface area contributed by atoms with Crippen LogP contribution in [0.2, 0.25) is 0 Å². The molecule has 0 bridgehead atoms. The molecule has 1 heterocycles. The van der Waals surface area contributed by atoms with Gasteiger partial charge in [0.15, 0.2) is 0 Å². The van der Waals surface area contributed by atoms with Gasteiger partial charge < -0.3 is 19.5 Å². The molecule has 0 amide bonds. The van der Waals surface area contributed by atoms with Crippen LogP contribution in [0.15, 0.2) is 48.5 Å². The Bertz CT molecular complexity index is 843. The van der Waals surface area contributed by atoms with Crippen molar-refractivity contribution >= 4 is 5.97 Å². The lowest BCUT2D eigenvalue weighted by molar-refractivity contribution is -0.158. The molecule has 2 atom stereocenters. The molecule has 0 saturated carbocycles. The number of methoxy groups -OCH3 is 1. The molecule has 162 valence electrons. The van der Waals surface area contributed by atoms with Crippen molar-refractivity contribution in [3.63, 3.8) is 0 Å². The molecule has 0 aromatic heterocycles. The average Bonchev–Trinajstić information content (AvgIpc) is 3.19. The fourth-order valence-electron chi connectivity index (χ4n) is 3.73.